The van der Waals surface area contributed by atoms with E-state index >= 15 is 0 Å². The van der Waals surface area contributed by atoms with Gasteiger partial charge in [0.2, 0.25) is 0 Å². The summed E-state index contributed by atoms with van der Waals surface area (Å²) in [5.41, 5.74) is 4.04. The lowest BCUT2D eigenvalue weighted by Gasteiger charge is -2.25. The molecule has 27 heavy (non-hydrogen) atoms. The van der Waals surface area contributed by atoms with Crippen LogP contribution in [0.25, 0.3) is 11.0 Å². The molecule has 146 valence electrons. The van der Waals surface area contributed by atoms with Gasteiger partial charge in [0.15, 0.2) is 5.16 Å². The average Bonchev–Trinajstić information content (AvgIpc) is 2.97. The van der Waals surface area contributed by atoms with E-state index in [1.165, 1.54) is 5.69 Å². The molecule has 2 aromatic carbocycles. The van der Waals surface area contributed by atoms with Crippen molar-refractivity contribution in [2.45, 2.75) is 10.9 Å². The Labute approximate surface area is 161 Å². The summed E-state index contributed by atoms with van der Waals surface area (Å²) < 4.78 is 40.6. The number of benzene rings is 2. The topological polar surface area (TPSA) is 103 Å². The Morgan fingerprint density at radius 2 is 1.63 bits per heavy atom. The Morgan fingerprint density at radius 1 is 1.07 bits per heavy atom. The van der Waals surface area contributed by atoms with Crippen LogP contribution >= 0.6 is 0 Å². The second-order valence-corrected chi connectivity index (χ2v) is 9.67. The molecule has 0 saturated heterocycles. The zero-order valence-corrected chi connectivity index (χ0v) is 17.3. The van der Waals surface area contributed by atoms with Crippen molar-refractivity contribution >= 4 is 37.6 Å². The lowest BCUT2D eigenvalue weighted by atomic mass is 10.2. The number of aromatic nitrogens is 2. The molecule has 0 aliphatic carbocycles. The molecule has 0 aliphatic rings. The number of para-hydroxylation sites is 3. The molecule has 3 aromatic rings. The molecule has 1 unspecified atom stereocenters. The molecule has 0 amide bonds. The monoisotopic (exact) mass is 409 g/mol. The third-order valence-electron chi connectivity index (χ3n) is 3.58. The summed E-state index contributed by atoms with van der Waals surface area (Å²) in [6, 6.07) is 15.9. The normalized spacial score (nSPS) is 13.1. The Kier molecular flexibility index (Phi) is 6.53. The number of imidazole rings is 1. The molecule has 1 atom stereocenters. The first-order valence-electron chi connectivity index (χ1n) is 8.09. The van der Waals surface area contributed by atoms with Crippen LogP contribution in [0.3, 0.4) is 0 Å². The highest BCUT2D eigenvalue weighted by atomic mass is 32.2. The van der Waals surface area contributed by atoms with Crippen LogP contribution in [0.15, 0.2) is 53.7 Å². The smallest absolute Gasteiger partial charge is 0.197 e. The number of nitrogens with zero attached hydrogens (tertiary/aromatic N) is 2. The molecule has 1 heterocycles. The van der Waals surface area contributed by atoms with Crippen LogP contribution in [0.4, 0.5) is 5.69 Å². The summed E-state index contributed by atoms with van der Waals surface area (Å²) in [6.07, 6.45) is 0.604. The molecule has 1 aromatic heterocycles. The van der Waals surface area contributed by atoms with Gasteiger partial charge in [-0.05, 0) is 18.2 Å². The fraction of sp³-hybridized carbons (Fsp3) is 0.278. The van der Waals surface area contributed by atoms with E-state index in [9.17, 15) is 4.21 Å². The Hall–Kier alpha value is -2.07. The summed E-state index contributed by atoms with van der Waals surface area (Å²) >= 11 is 0. The van der Waals surface area contributed by atoms with E-state index in [-0.39, 0.29) is 0 Å². The Bertz CT molecular complexity index is 1010. The van der Waals surface area contributed by atoms with Gasteiger partial charge in [-0.2, -0.15) is 0 Å². The van der Waals surface area contributed by atoms with Crippen LogP contribution in [0, 0.1) is 0 Å². The maximum Gasteiger partial charge on any atom is 0.197 e. The van der Waals surface area contributed by atoms with Gasteiger partial charge in [0.1, 0.15) is 5.69 Å². The quantitative estimate of drug-likeness (QED) is 0.526. The molecule has 0 radical (unpaired) electrons. The van der Waals surface area contributed by atoms with Crippen LogP contribution in [0.2, 0.25) is 0 Å². The second-order valence-electron chi connectivity index (χ2n) is 6.89. The summed E-state index contributed by atoms with van der Waals surface area (Å²) in [4.78, 5) is 7.60. The fourth-order valence-electron chi connectivity index (χ4n) is 2.53. The van der Waals surface area contributed by atoms with Crippen molar-refractivity contribution in [2.24, 2.45) is 0 Å². The summed E-state index contributed by atoms with van der Waals surface area (Å²) in [5, 5.41) is 0.539. The molecule has 1 N–H and O–H groups in total. The van der Waals surface area contributed by atoms with Gasteiger partial charge < -0.3 is 9.54 Å². The van der Waals surface area contributed by atoms with Gasteiger partial charge in [-0.15, -0.1) is 0 Å². The molecular weight excluding hydrogens is 386 g/mol. The van der Waals surface area contributed by atoms with Gasteiger partial charge in [0.05, 0.1) is 58.8 Å². The van der Waals surface area contributed by atoms with Crippen molar-refractivity contribution in [2.75, 3.05) is 27.4 Å². The third kappa shape index (κ3) is 6.55. The molecule has 0 aliphatic heterocycles. The fourth-order valence-corrected chi connectivity index (χ4v) is 3.62. The van der Waals surface area contributed by atoms with Gasteiger partial charge in [-0.25, -0.2) is 13.4 Å². The van der Waals surface area contributed by atoms with Crippen LogP contribution in [0.5, 0.6) is 0 Å². The molecular formula is C18H23N3O4S2. The summed E-state index contributed by atoms with van der Waals surface area (Å²) in [7, 11) is 1.24. The van der Waals surface area contributed by atoms with Gasteiger partial charge in [-0.3, -0.25) is 8.69 Å². The second kappa shape index (κ2) is 8.30. The molecule has 0 fully saturated rings. The molecule has 7 nitrogen and oxygen atoms in total. The van der Waals surface area contributed by atoms with Crippen LogP contribution in [0.1, 0.15) is 5.56 Å². The summed E-state index contributed by atoms with van der Waals surface area (Å²) in [5.74, 6) is 0.464. The number of quaternary nitrogens is 1. The van der Waals surface area contributed by atoms with Crippen molar-refractivity contribution in [3.8, 4) is 0 Å². The van der Waals surface area contributed by atoms with Crippen LogP contribution in [-0.2, 0) is 26.7 Å². The molecule has 9 heteroatoms. The predicted molar refractivity (Wildman–Crippen MR) is 108 cm³/mol. The molecule has 0 saturated carbocycles. The minimum atomic E-state index is -3.92. The Morgan fingerprint density at radius 3 is 2.22 bits per heavy atom. The van der Waals surface area contributed by atoms with Crippen LogP contribution in [-0.4, -0.2) is 54.5 Å². The number of aromatic amines is 1. The lowest BCUT2D eigenvalue weighted by molar-refractivity contribution is 0.470. The predicted octanol–water partition coefficient (Wildman–Crippen LogP) is 2.23. The zero-order valence-electron chi connectivity index (χ0n) is 15.7. The maximum absolute atomic E-state index is 12.7. The van der Waals surface area contributed by atoms with Crippen molar-refractivity contribution in [3.05, 3.63) is 54.1 Å². The number of hydrogen-bond acceptors (Lipinski definition) is 5. The summed E-state index contributed by atoms with van der Waals surface area (Å²) in [6.45, 7) is 0. The number of fused-ring (bicyclic) bond motifs is 1. The van der Waals surface area contributed by atoms with Gasteiger partial charge >= 0.3 is 0 Å². The number of nitrogens with one attached hydrogen (secondary N) is 1. The minimum Gasteiger partial charge on any atom is -0.748 e. The van der Waals surface area contributed by atoms with Crippen molar-refractivity contribution < 1.29 is 17.2 Å². The molecule has 0 spiro atoms. The van der Waals surface area contributed by atoms with E-state index in [2.05, 4.69) is 37.2 Å². The standard InChI is InChI=1S/C17H20N3OS.CH4O3S/c1-20(2,3)16-11-7-4-8-13(16)12-22(21)17-18-14-9-5-6-10-15(14)19-17;1-5(2,3)4/h4-11H,12H2,1-3H3,(H,18,19);1H3,(H,2,3,4)/q+1;/p-1. The van der Waals surface area contributed by atoms with E-state index in [1.54, 1.807) is 0 Å². The van der Waals surface area contributed by atoms with Gasteiger partial charge in [0.25, 0.3) is 0 Å². The van der Waals surface area contributed by atoms with Crippen molar-refractivity contribution in [3.63, 3.8) is 0 Å². The number of hydrogen-bond donors (Lipinski definition) is 1. The molecule has 0 bridgehead atoms. The van der Waals surface area contributed by atoms with E-state index in [4.69, 9.17) is 13.0 Å². The first-order chi connectivity index (χ1) is 12.4. The zero-order chi connectivity index (χ0) is 20.2. The van der Waals surface area contributed by atoms with E-state index in [0.29, 0.717) is 21.6 Å². The highest BCUT2D eigenvalue weighted by Crippen LogP contribution is 2.25. The maximum atomic E-state index is 12.7. The van der Waals surface area contributed by atoms with Crippen molar-refractivity contribution in [1.82, 2.24) is 14.5 Å². The first-order valence-corrected chi connectivity index (χ1v) is 11.2. The van der Waals surface area contributed by atoms with Crippen LogP contribution < -0.4 is 4.48 Å². The van der Waals surface area contributed by atoms with Crippen molar-refractivity contribution in [1.29, 1.82) is 0 Å². The largest absolute Gasteiger partial charge is 0.748 e. The lowest BCUT2D eigenvalue weighted by Crippen LogP contribution is -2.35. The minimum absolute atomic E-state index is 0.464. The number of H-pyrrole nitrogens is 1. The van der Waals surface area contributed by atoms with E-state index in [0.717, 1.165) is 16.6 Å². The van der Waals surface area contributed by atoms with E-state index < -0.39 is 20.9 Å². The average molecular weight is 410 g/mol. The number of rotatable bonds is 4. The SMILES string of the molecule is CS(=O)(=O)[O-].C[N+](C)(C)c1ccccc1CS(=O)c1nc2ccccc2[nH]1. The third-order valence-corrected chi connectivity index (χ3v) is 4.78. The first kappa shape index (κ1) is 21.2. The molecule has 3 rings (SSSR count). The highest BCUT2D eigenvalue weighted by molar-refractivity contribution is 7.85. The van der Waals surface area contributed by atoms with E-state index in [1.807, 2.05) is 42.5 Å². The van der Waals surface area contributed by atoms with Gasteiger partial charge in [0, 0.05) is 11.8 Å². The highest BCUT2D eigenvalue weighted by Gasteiger charge is 2.20. The van der Waals surface area contributed by atoms with Gasteiger partial charge in [-0.1, -0.05) is 30.3 Å². The Balaban J connectivity index is 0.000000465.